The van der Waals surface area contributed by atoms with Crippen molar-refractivity contribution in [3.63, 3.8) is 0 Å². The highest BCUT2D eigenvalue weighted by molar-refractivity contribution is 7.93. The summed E-state index contributed by atoms with van der Waals surface area (Å²) in [6.45, 7) is 7.85. The number of aromatic nitrogens is 2. The molecule has 9 nitrogen and oxygen atoms in total. The molecule has 1 aromatic heterocycles. The molecule has 0 saturated carbocycles. The molecule has 0 aliphatic carbocycles. The molecule has 2 rings (SSSR count). The van der Waals surface area contributed by atoms with Crippen LogP contribution >= 0.6 is 11.3 Å². The van der Waals surface area contributed by atoms with Crippen molar-refractivity contribution in [1.29, 1.82) is 0 Å². The Morgan fingerprint density at radius 3 is 2.48 bits per heavy atom. The molecule has 1 aromatic carbocycles. The topological polar surface area (TPSA) is 127 Å². The van der Waals surface area contributed by atoms with Crippen molar-refractivity contribution in [3.05, 3.63) is 29.3 Å². The standard InChI is InChI=1S/C20H28N4O5S2/c1-5-16(19(26)22-20-24-23-18(30-20)11-13(3)4)31(27,28)12-17(25)21-14-9-7-8-10-15(14)29-6-2/h7-10,13,16H,5-6,11-12H2,1-4H3,(H,21,25)(H,22,24,26). The van der Waals surface area contributed by atoms with Gasteiger partial charge in [-0.15, -0.1) is 10.2 Å². The second kappa shape index (κ2) is 11.2. The summed E-state index contributed by atoms with van der Waals surface area (Å²) >= 11 is 1.21. The van der Waals surface area contributed by atoms with Crippen molar-refractivity contribution in [2.75, 3.05) is 23.0 Å². The zero-order valence-electron chi connectivity index (χ0n) is 18.0. The van der Waals surface area contributed by atoms with Crippen LogP contribution in [0.25, 0.3) is 0 Å². The largest absolute Gasteiger partial charge is 0.492 e. The summed E-state index contributed by atoms with van der Waals surface area (Å²) in [5.74, 6) is -1.47. The lowest BCUT2D eigenvalue weighted by atomic mass is 10.1. The summed E-state index contributed by atoms with van der Waals surface area (Å²) in [5, 5.41) is 12.6. The Bertz CT molecular complexity index is 1000. The van der Waals surface area contributed by atoms with Crippen molar-refractivity contribution in [3.8, 4) is 5.75 Å². The fraction of sp³-hybridized carbons (Fsp3) is 0.500. The van der Waals surface area contributed by atoms with Gasteiger partial charge in [0.1, 0.15) is 21.8 Å². The van der Waals surface area contributed by atoms with E-state index in [0.29, 0.717) is 30.4 Å². The van der Waals surface area contributed by atoms with Crippen LogP contribution < -0.4 is 15.4 Å². The van der Waals surface area contributed by atoms with E-state index >= 15 is 0 Å². The molecule has 31 heavy (non-hydrogen) atoms. The lowest BCUT2D eigenvalue weighted by Gasteiger charge is -2.15. The molecule has 170 valence electrons. The quantitative estimate of drug-likeness (QED) is 0.519. The van der Waals surface area contributed by atoms with Gasteiger partial charge < -0.3 is 10.1 Å². The third-order valence-corrected chi connectivity index (χ3v) is 7.11. The minimum Gasteiger partial charge on any atom is -0.492 e. The third kappa shape index (κ3) is 7.28. The Morgan fingerprint density at radius 2 is 1.84 bits per heavy atom. The summed E-state index contributed by atoms with van der Waals surface area (Å²) in [7, 11) is -4.06. The molecular weight excluding hydrogens is 440 g/mol. The number of hydrogen-bond donors (Lipinski definition) is 2. The number of para-hydroxylation sites is 2. The predicted octanol–water partition coefficient (Wildman–Crippen LogP) is 2.91. The summed E-state index contributed by atoms with van der Waals surface area (Å²) < 4.78 is 31.0. The fourth-order valence-corrected chi connectivity index (χ4v) is 5.33. The van der Waals surface area contributed by atoms with E-state index in [1.807, 2.05) is 13.8 Å². The minimum atomic E-state index is -4.06. The number of nitrogens with one attached hydrogen (secondary N) is 2. The maximum absolute atomic E-state index is 12.8. The first-order chi connectivity index (χ1) is 14.7. The van der Waals surface area contributed by atoms with Crippen molar-refractivity contribution < 1.29 is 22.7 Å². The van der Waals surface area contributed by atoms with Crippen LogP contribution in [0, 0.1) is 5.92 Å². The second-order valence-corrected chi connectivity index (χ2v) is 10.5. The number of benzene rings is 1. The van der Waals surface area contributed by atoms with Crippen LogP contribution in [0.3, 0.4) is 0 Å². The number of nitrogens with zero attached hydrogens (tertiary/aromatic N) is 2. The van der Waals surface area contributed by atoms with Gasteiger partial charge in [-0.1, -0.05) is 44.2 Å². The number of carbonyl (C=O) groups excluding carboxylic acids is 2. The van der Waals surface area contributed by atoms with Gasteiger partial charge in [0.15, 0.2) is 9.84 Å². The molecule has 0 aliphatic heterocycles. The van der Waals surface area contributed by atoms with E-state index in [9.17, 15) is 18.0 Å². The van der Waals surface area contributed by atoms with E-state index in [1.54, 1.807) is 38.1 Å². The number of anilines is 2. The van der Waals surface area contributed by atoms with Crippen LogP contribution in [0.4, 0.5) is 10.8 Å². The average molecular weight is 469 g/mol. The zero-order valence-corrected chi connectivity index (χ0v) is 19.7. The predicted molar refractivity (Wildman–Crippen MR) is 121 cm³/mol. The number of ether oxygens (including phenoxy) is 1. The molecule has 1 unspecified atom stereocenters. The molecule has 0 saturated heterocycles. The van der Waals surface area contributed by atoms with Gasteiger partial charge in [0.05, 0.1) is 12.3 Å². The van der Waals surface area contributed by atoms with Crippen molar-refractivity contribution in [1.82, 2.24) is 10.2 Å². The normalized spacial score (nSPS) is 12.4. The molecule has 2 N–H and O–H groups in total. The number of sulfone groups is 1. The Balaban J connectivity index is 2.05. The maximum atomic E-state index is 12.8. The fourth-order valence-electron chi connectivity index (χ4n) is 2.85. The van der Waals surface area contributed by atoms with Gasteiger partial charge in [-0.05, 0) is 31.4 Å². The van der Waals surface area contributed by atoms with E-state index in [0.717, 1.165) is 5.01 Å². The van der Waals surface area contributed by atoms with Crippen molar-refractivity contribution in [2.24, 2.45) is 5.92 Å². The van der Waals surface area contributed by atoms with E-state index < -0.39 is 32.7 Å². The highest BCUT2D eigenvalue weighted by Crippen LogP contribution is 2.24. The van der Waals surface area contributed by atoms with Crippen LogP contribution in [-0.2, 0) is 25.8 Å². The van der Waals surface area contributed by atoms with E-state index in [1.165, 1.54) is 11.3 Å². The molecule has 0 fully saturated rings. The van der Waals surface area contributed by atoms with Gasteiger partial charge in [0.25, 0.3) is 0 Å². The van der Waals surface area contributed by atoms with Crippen molar-refractivity contribution >= 4 is 43.8 Å². The smallest absolute Gasteiger partial charge is 0.244 e. The first-order valence-electron chi connectivity index (χ1n) is 10.0. The molecule has 1 heterocycles. The highest BCUT2D eigenvalue weighted by atomic mass is 32.2. The van der Waals surface area contributed by atoms with Crippen LogP contribution in [0.1, 0.15) is 39.1 Å². The average Bonchev–Trinajstić information content (AvgIpc) is 3.09. The van der Waals surface area contributed by atoms with Gasteiger partial charge >= 0.3 is 0 Å². The maximum Gasteiger partial charge on any atom is 0.244 e. The van der Waals surface area contributed by atoms with E-state index in [-0.39, 0.29) is 11.6 Å². The minimum absolute atomic E-state index is 0.0225. The lowest BCUT2D eigenvalue weighted by molar-refractivity contribution is -0.115. The molecule has 2 aromatic rings. The number of carbonyl (C=O) groups is 2. The summed E-state index contributed by atoms with van der Waals surface area (Å²) in [6, 6.07) is 6.73. The second-order valence-electron chi connectivity index (χ2n) is 7.27. The van der Waals surface area contributed by atoms with Crippen LogP contribution in [0.15, 0.2) is 24.3 Å². The van der Waals surface area contributed by atoms with Gasteiger partial charge in [0.2, 0.25) is 16.9 Å². The summed E-state index contributed by atoms with van der Waals surface area (Å²) in [5.41, 5.74) is 0.369. The Labute approximate surface area is 186 Å². The Hall–Kier alpha value is -2.53. The van der Waals surface area contributed by atoms with Crippen LogP contribution in [-0.4, -0.2) is 48.0 Å². The molecule has 11 heteroatoms. The molecule has 0 bridgehead atoms. The molecule has 1 atom stereocenters. The molecule has 2 amide bonds. The van der Waals surface area contributed by atoms with E-state index in [4.69, 9.17) is 4.74 Å². The van der Waals surface area contributed by atoms with Gasteiger partial charge in [-0.3, -0.25) is 14.9 Å². The zero-order chi connectivity index (χ0) is 23.0. The molecule has 0 radical (unpaired) electrons. The van der Waals surface area contributed by atoms with Crippen LogP contribution in [0.5, 0.6) is 5.75 Å². The SMILES string of the molecule is CCOc1ccccc1NC(=O)CS(=O)(=O)C(CC)C(=O)Nc1nnc(CC(C)C)s1. The van der Waals surface area contributed by atoms with Gasteiger partial charge in [-0.2, -0.15) is 0 Å². The first kappa shape index (κ1) is 24.7. The Kier molecular flexibility index (Phi) is 8.93. The summed E-state index contributed by atoms with van der Waals surface area (Å²) in [6.07, 6.45) is 0.737. The number of hydrogen-bond acceptors (Lipinski definition) is 8. The van der Waals surface area contributed by atoms with Crippen LogP contribution in [0.2, 0.25) is 0 Å². The number of amides is 2. The molecular formula is C20H28N4O5S2. The monoisotopic (exact) mass is 468 g/mol. The van der Waals surface area contributed by atoms with Crippen molar-refractivity contribution in [2.45, 2.75) is 45.8 Å². The first-order valence-corrected chi connectivity index (χ1v) is 12.6. The lowest BCUT2D eigenvalue weighted by Crippen LogP contribution is -2.39. The molecule has 0 spiro atoms. The Morgan fingerprint density at radius 1 is 1.13 bits per heavy atom. The number of rotatable bonds is 11. The van der Waals surface area contributed by atoms with E-state index in [2.05, 4.69) is 20.8 Å². The molecule has 0 aliphatic rings. The summed E-state index contributed by atoms with van der Waals surface area (Å²) in [4.78, 5) is 25.0. The van der Waals surface area contributed by atoms with Gasteiger partial charge in [0, 0.05) is 6.42 Å². The third-order valence-electron chi connectivity index (χ3n) is 4.17. The van der Waals surface area contributed by atoms with Gasteiger partial charge in [-0.25, -0.2) is 8.42 Å². The highest BCUT2D eigenvalue weighted by Gasteiger charge is 2.33.